The number of nitrogens with zero attached hydrogens (tertiary/aromatic N) is 2. The highest BCUT2D eigenvalue weighted by molar-refractivity contribution is 9.10. The van der Waals surface area contributed by atoms with Crippen LogP contribution in [0.4, 0.5) is 5.69 Å². The van der Waals surface area contributed by atoms with Crippen molar-refractivity contribution in [2.45, 2.75) is 18.4 Å². The minimum atomic E-state index is -0.849. The first-order valence-electron chi connectivity index (χ1n) is 4.60. The molecule has 16 heavy (non-hydrogen) atoms. The predicted molar refractivity (Wildman–Crippen MR) is 59.0 cm³/mol. The summed E-state index contributed by atoms with van der Waals surface area (Å²) in [6.45, 7) is 0. The highest BCUT2D eigenvalue weighted by Crippen LogP contribution is 2.42. The number of benzene rings is 1. The predicted octanol–water partition coefficient (Wildman–Crippen LogP) is 2.79. The maximum atomic E-state index is 10.8. The lowest BCUT2D eigenvalue weighted by atomic mass is 10.3. The molecular weight excluding hydrogens is 276 g/mol. The third-order valence-corrected chi connectivity index (χ3v) is 2.82. The molecule has 1 saturated carbocycles. The molecule has 0 amide bonds. The van der Waals surface area contributed by atoms with E-state index in [1.807, 2.05) is 6.07 Å². The molecule has 6 heteroatoms. The zero-order valence-corrected chi connectivity index (χ0v) is 9.73. The molecular formula is C10H7BrN2O3. The molecule has 1 aromatic rings. The van der Waals surface area contributed by atoms with Gasteiger partial charge in [-0.1, -0.05) is 15.9 Å². The van der Waals surface area contributed by atoms with E-state index in [9.17, 15) is 10.1 Å². The second kappa shape index (κ2) is 3.76. The number of hydrogen-bond acceptors (Lipinski definition) is 4. The fraction of sp³-hybridized carbons (Fsp3) is 0.300. The Balaban J connectivity index is 2.34. The Morgan fingerprint density at radius 3 is 2.75 bits per heavy atom. The van der Waals surface area contributed by atoms with Gasteiger partial charge in [0.1, 0.15) is 6.07 Å². The van der Waals surface area contributed by atoms with Crippen molar-refractivity contribution in [3.05, 3.63) is 32.8 Å². The SMILES string of the molecule is N#CC1(Oc2ccc(Br)cc2[N+](=O)[O-])CC1. The van der Waals surface area contributed by atoms with Gasteiger partial charge in [-0.25, -0.2) is 0 Å². The fourth-order valence-electron chi connectivity index (χ4n) is 1.28. The molecule has 1 fully saturated rings. The van der Waals surface area contributed by atoms with Crippen LogP contribution in [0.1, 0.15) is 12.8 Å². The molecule has 5 nitrogen and oxygen atoms in total. The maximum absolute atomic E-state index is 10.8. The van der Waals surface area contributed by atoms with Crippen LogP contribution in [0.2, 0.25) is 0 Å². The third kappa shape index (κ3) is 1.99. The van der Waals surface area contributed by atoms with Crippen LogP contribution in [0, 0.1) is 21.4 Å². The number of halogens is 1. The van der Waals surface area contributed by atoms with E-state index in [0.29, 0.717) is 17.3 Å². The first kappa shape index (κ1) is 10.9. The van der Waals surface area contributed by atoms with Gasteiger partial charge in [0.05, 0.1) is 4.92 Å². The summed E-state index contributed by atoms with van der Waals surface area (Å²) in [4.78, 5) is 10.3. The number of rotatable bonds is 3. The van der Waals surface area contributed by atoms with Gasteiger partial charge in [-0.15, -0.1) is 0 Å². The van der Waals surface area contributed by atoms with Gasteiger partial charge < -0.3 is 4.74 Å². The second-order valence-electron chi connectivity index (χ2n) is 3.58. The van der Waals surface area contributed by atoms with Crippen molar-refractivity contribution in [2.75, 3.05) is 0 Å². The first-order valence-corrected chi connectivity index (χ1v) is 5.40. The Morgan fingerprint density at radius 2 is 2.25 bits per heavy atom. The van der Waals surface area contributed by atoms with Crippen molar-refractivity contribution in [3.63, 3.8) is 0 Å². The van der Waals surface area contributed by atoms with Crippen LogP contribution >= 0.6 is 15.9 Å². The lowest BCUT2D eigenvalue weighted by Gasteiger charge is -2.10. The molecule has 0 spiro atoms. The Morgan fingerprint density at radius 1 is 1.56 bits per heavy atom. The van der Waals surface area contributed by atoms with Crippen molar-refractivity contribution in [1.82, 2.24) is 0 Å². The molecule has 82 valence electrons. The first-order chi connectivity index (χ1) is 7.56. The van der Waals surface area contributed by atoms with Gasteiger partial charge in [0.25, 0.3) is 0 Å². The average molecular weight is 283 g/mol. The fourth-order valence-corrected chi connectivity index (χ4v) is 1.63. The Kier molecular flexibility index (Phi) is 2.56. The van der Waals surface area contributed by atoms with Gasteiger partial charge in [-0.3, -0.25) is 10.1 Å². The molecule has 0 bridgehead atoms. The average Bonchev–Trinajstić information content (AvgIpc) is 3.01. The largest absolute Gasteiger partial charge is 0.465 e. The molecule has 0 heterocycles. The molecule has 0 aromatic heterocycles. The topological polar surface area (TPSA) is 76.2 Å². The summed E-state index contributed by atoms with van der Waals surface area (Å²) in [6.07, 6.45) is 1.24. The summed E-state index contributed by atoms with van der Waals surface area (Å²) in [5.41, 5.74) is -0.977. The number of ether oxygens (including phenoxy) is 1. The lowest BCUT2D eigenvalue weighted by Crippen LogP contribution is -2.15. The molecule has 0 atom stereocenters. The third-order valence-electron chi connectivity index (χ3n) is 2.33. The van der Waals surface area contributed by atoms with Crippen LogP contribution in [0.15, 0.2) is 22.7 Å². The quantitative estimate of drug-likeness (QED) is 0.631. The Hall–Kier alpha value is -1.61. The molecule has 2 rings (SSSR count). The molecule has 0 saturated heterocycles. The second-order valence-corrected chi connectivity index (χ2v) is 4.49. The van der Waals surface area contributed by atoms with E-state index in [2.05, 4.69) is 15.9 Å². The summed E-state index contributed by atoms with van der Waals surface area (Å²) in [7, 11) is 0. The van der Waals surface area contributed by atoms with Gasteiger partial charge in [-0.05, 0) is 12.1 Å². The number of hydrogen-bond donors (Lipinski definition) is 0. The minimum absolute atomic E-state index is 0.129. The Bertz CT molecular complexity index is 491. The highest BCUT2D eigenvalue weighted by Gasteiger charge is 2.47. The zero-order chi connectivity index (χ0) is 11.8. The van der Waals surface area contributed by atoms with Crippen LogP contribution in [-0.4, -0.2) is 10.5 Å². The summed E-state index contributed by atoms with van der Waals surface area (Å²) in [6, 6.07) is 6.54. The smallest absolute Gasteiger partial charge is 0.312 e. The highest BCUT2D eigenvalue weighted by atomic mass is 79.9. The van der Waals surface area contributed by atoms with E-state index in [-0.39, 0.29) is 11.4 Å². The van der Waals surface area contributed by atoms with Crippen LogP contribution in [0.3, 0.4) is 0 Å². The Labute approximate surface area is 99.9 Å². The number of nitriles is 1. The molecule has 0 aliphatic heterocycles. The normalized spacial score (nSPS) is 16.2. The van der Waals surface area contributed by atoms with Gasteiger partial charge in [-0.2, -0.15) is 5.26 Å². The summed E-state index contributed by atoms with van der Waals surface area (Å²) in [5, 5.41) is 19.6. The van der Waals surface area contributed by atoms with E-state index in [1.54, 1.807) is 6.07 Å². The molecule has 0 unspecified atom stereocenters. The van der Waals surface area contributed by atoms with Crippen molar-refractivity contribution < 1.29 is 9.66 Å². The van der Waals surface area contributed by atoms with Crippen LogP contribution in [0.5, 0.6) is 5.75 Å². The van der Waals surface area contributed by atoms with Crippen molar-refractivity contribution in [3.8, 4) is 11.8 Å². The maximum Gasteiger partial charge on any atom is 0.312 e. The van der Waals surface area contributed by atoms with E-state index < -0.39 is 10.5 Å². The van der Waals surface area contributed by atoms with Crippen LogP contribution < -0.4 is 4.74 Å². The van der Waals surface area contributed by atoms with Gasteiger partial charge in [0, 0.05) is 23.4 Å². The number of nitro groups is 1. The zero-order valence-electron chi connectivity index (χ0n) is 8.14. The van der Waals surface area contributed by atoms with Crippen LogP contribution in [-0.2, 0) is 0 Å². The minimum Gasteiger partial charge on any atom is -0.465 e. The van der Waals surface area contributed by atoms with E-state index in [0.717, 1.165) is 0 Å². The molecule has 0 N–H and O–H groups in total. The van der Waals surface area contributed by atoms with Gasteiger partial charge in [0.2, 0.25) is 0 Å². The molecule has 1 aromatic carbocycles. The van der Waals surface area contributed by atoms with E-state index >= 15 is 0 Å². The van der Waals surface area contributed by atoms with Crippen molar-refractivity contribution in [1.29, 1.82) is 5.26 Å². The summed E-state index contributed by atoms with van der Waals surface area (Å²) >= 11 is 3.15. The standard InChI is InChI=1S/C10H7BrN2O3/c11-7-1-2-9(8(5-7)13(14)15)16-10(6-12)3-4-10/h1-2,5H,3-4H2. The lowest BCUT2D eigenvalue weighted by molar-refractivity contribution is -0.386. The van der Waals surface area contributed by atoms with E-state index in [4.69, 9.17) is 10.00 Å². The van der Waals surface area contributed by atoms with E-state index in [1.165, 1.54) is 12.1 Å². The monoisotopic (exact) mass is 282 g/mol. The van der Waals surface area contributed by atoms with Crippen molar-refractivity contribution >= 4 is 21.6 Å². The van der Waals surface area contributed by atoms with Gasteiger partial charge in [0.15, 0.2) is 11.4 Å². The van der Waals surface area contributed by atoms with Gasteiger partial charge >= 0.3 is 5.69 Å². The molecule has 0 radical (unpaired) electrons. The summed E-state index contributed by atoms with van der Waals surface area (Å²) in [5.74, 6) is 0.146. The summed E-state index contributed by atoms with van der Waals surface area (Å²) < 4.78 is 5.99. The van der Waals surface area contributed by atoms with Crippen molar-refractivity contribution in [2.24, 2.45) is 0 Å². The molecule has 1 aliphatic rings. The van der Waals surface area contributed by atoms with Crippen LogP contribution in [0.25, 0.3) is 0 Å². The molecule has 1 aliphatic carbocycles. The number of nitro benzene ring substituents is 1.